The highest BCUT2D eigenvalue weighted by Crippen LogP contribution is 2.33. The summed E-state index contributed by atoms with van der Waals surface area (Å²) >= 11 is 0. The van der Waals surface area contributed by atoms with E-state index in [1.54, 1.807) is 12.1 Å². The van der Waals surface area contributed by atoms with Crippen molar-refractivity contribution in [1.29, 1.82) is 0 Å². The Hall–Kier alpha value is -3.29. The van der Waals surface area contributed by atoms with E-state index in [0.717, 1.165) is 36.4 Å². The van der Waals surface area contributed by atoms with E-state index in [1.165, 1.54) is 12.1 Å². The summed E-state index contributed by atoms with van der Waals surface area (Å²) in [7, 11) is 0. The number of aromatic nitrogens is 2. The number of alkyl halides is 3. The molecule has 0 saturated carbocycles. The van der Waals surface area contributed by atoms with E-state index in [9.17, 15) is 18.0 Å². The fourth-order valence-corrected chi connectivity index (χ4v) is 3.78. The second-order valence-electron chi connectivity index (χ2n) is 7.46. The summed E-state index contributed by atoms with van der Waals surface area (Å²) in [6.07, 6.45) is -2.20. The zero-order valence-electron chi connectivity index (χ0n) is 16.7. The Morgan fingerprint density at radius 3 is 2.71 bits per heavy atom. The standard InChI is InChI=1S/C23H22F3N3O2/c24-23(25,26)17-8-4-9-19(14-17)31-13-11-18-15-20(28-27-18)21-10-5-12-29(21)22(30)16-6-2-1-3-7-16/h1-4,6-9,14-15,21H,5,10-13H2,(H,27,28)/t21-/m0/s1. The van der Waals surface area contributed by atoms with Crippen LogP contribution in [0.15, 0.2) is 60.7 Å². The van der Waals surface area contributed by atoms with Crippen LogP contribution in [0.2, 0.25) is 0 Å². The van der Waals surface area contributed by atoms with Crippen molar-refractivity contribution in [2.45, 2.75) is 31.5 Å². The average Bonchev–Trinajstić information content (AvgIpc) is 3.43. The molecule has 1 N–H and O–H groups in total. The van der Waals surface area contributed by atoms with Crippen molar-refractivity contribution >= 4 is 5.91 Å². The van der Waals surface area contributed by atoms with Crippen LogP contribution in [-0.2, 0) is 12.6 Å². The minimum atomic E-state index is -4.40. The topological polar surface area (TPSA) is 58.2 Å². The minimum Gasteiger partial charge on any atom is -0.493 e. The van der Waals surface area contributed by atoms with Crippen LogP contribution in [0.5, 0.6) is 5.75 Å². The molecule has 2 heterocycles. The van der Waals surface area contributed by atoms with Crippen LogP contribution in [0.3, 0.4) is 0 Å². The number of hydrogen-bond donors (Lipinski definition) is 1. The molecule has 1 aromatic heterocycles. The molecule has 1 atom stereocenters. The first-order valence-corrected chi connectivity index (χ1v) is 10.1. The van der Waals surface area contributed by atoms with Crippen LogP contribution in [0.4, 0.5) is 13.2 Å². The third kappa shape index (κ3) is 4.90. The van der Waals surface area contributed by atoms with Crippen LogP contribution < -0.4 is 4.74 Å². The highest BCUT2D eigenvalue weighted by atomic mass is 19.4. The van der Waals surface area contributed by atoms with E-state index in [2.05, 4.69) is 10.2 Å². The molecule has 1 saturated heterocycles. The summed E-state index contributed by atoms with van der Waals surface area (Å²) in [6.45, 7) is 0.888. The van der Waals surface area contributed by atoms with Gasteiger partial charge in [-0.25, -0.2) is 0 Å². The van der Waals surface area contributed by atoms with Gasteiger partial charge in [0.25, 0.3) is 5.91 Å². The van der Waals surface area contributed by atoms with Crippen molar-refractivity contribution in [2.24, 2.45) is 0 Å². The smallest absolute Gasteiger partial charge is 0.416 e. The van der Waals surface area contributed by atoms with Gasteiger partial charge in [0.15, 0.2) is 0 Å². The highest BCUT2D eigenvalue weighted by Gasteiger charge is 2.32. The molecule has 5 nitrogen and oxygen atoms in total. The lowest BCUT2D eigenvalue weighted by atomic mass is 10.1. The number of H-pyrrole nitrogens is 1. The summed E-state index contributed by atoms with van der Waals surface area (Å²) in [5, 5.41) is 7.33. The fraction of sp³-hybridized carbons (Fsp3) is 0.304. The van der Waals surface area contributed by atoms with E-state index in [0.29, 0.717) is 18.5 Å². The molecule has 0 bridgehead atoms. The summed E-state index contributed by atoms with van der Waals surface area (Å²) in [5.74, 6) is 0.158. The molecule has 2 aromatic carbocycles. The van der Waals surface area contributed by atoms with Gasteiger partial charge in [0, 0.05) is 24.2 Å². The van der Waals surface area contributed by atoms with Crippen LogP contribution >= 0.6 is 0 Å². The van der Waals surface area contributed by atoms with Gasteiger partial charge >= 0.3 is 6.18 Å². The molecular formula is C23H22F3N3O2. The molecule has 0 spiro atoms. The predicted octanol–water partition coefficient (Wildman–Crippen LogP) is 5.03. The van der Waals surface area contributed by atoms with Crippen LogP contribution in [-0.4, -0.2) is 34.2 Å². The van der Waals surface area contributed by atoms with Crippen molar-refractivity contribution < 1.29 is 22.7 Å². The quantitative estimate of drug-likeness (QED) is 0.598. The maximum absolute atomic E-state index is 12.9. The van der Waals surface area contributed by atoms with Crippen LogP contribution in [0, 0.1) is 0 Å². The van der Waals surface area contributed by atoms with Crippen molar-refractivity contribution in [3.63, 3.8) is 0 Å². The molecule has 1 aliphatic heterocycles. The zero-order chi connectivity index (χ0) is 21.8. The molecule has 0 unspecified atom stereocenters. The number of nitrogens with one attached hydrogen (secondary N) is 1. The van der Waals surface area contributed by atoms with Gasteiger partial charge in [-0.3, -0.25) is 9.89 Å². The van der Waals surface area contributed by atoms with Crippen molar-refractivity contribution in [2.75, 3.05) is 13.2 Å². The lowest BCUT2D eigenvalue weighted by Crippen LogP contribution is -2.30. The molecule has 4 rings (SSSR count). The number of aromatic amines is 1. The van der Waals surface area contributed by atoms with Gasteiger partial charge in [-0.1, -0.05) is 24.3 Å². The average molecular weight is 429 g/mol. The number of carbonyl (C=O) groups is 1. The Bertz CT molecular complexity index is 1030. The van der Waals surface area contributed by atoms with Gasteiger partial charge in [-0.05, 0) is 49.2 Å². The first-order valence-electron chi connectivity index (χ1n) is 10.1. The molecule has 0 radical (unpaired) electrons. The lowest BCUT2D eigenvalue weighted by molar-refractivity contribution is -0.137. The number of benzene rings is 2. The first-order chi connectivity index (χ1) is 14.9. The second kappa shape index (κ2) is 8.83. The Balaban J connectivity index is 1.37. The Kier molecular flexibility index (Phi) is 5.97. The van der Waals surface area contributed by atoms with Crippen molar-refractivity contribution in [1.82, 2.24) is 15.1 Å². The zero-order valence-corrected chi connectivity index (χ0v) is 16.7. The lowest BCUT2D eigenvalue weighted by Gasteiger charge is -2.23. The molecule has 3 aromatic rings. The Morgan fingerprint density at radius 2 is 1.94 bits per heavy atom. The van der Waals surface area contributed by atoms with Gasteiger partial charge in [0.2, 0.25) is 0 Å². The molecule has 0 aliphatic carbocycles. The van der Waals surface area contributed by atoms with Crippen molar-refractivity contribution in [3.05, 3.63) is 83.2 Å². The van der Waals surface area contributed by atoms with Gasteiger partial charge < -0.3 is 9.64 Å². The summed E-state index contributed by atoms with van der Waals surface area (Å²) in [4.78, 5) is 14.7. The summed E-state index contributed by atoms with van der Waals surface area (Å²) in [6, 6.07) is 15.8. The molecular weight excluding hydrogens is 407 g/mol. The predicted molar refractivity (Wildman–Crippen MR) is 109 cm³/mol. The highest BCUT2D eigenvalue weighted by molar-refractivity contribution is 5.94. The summed E-state index contributed by atoms with van der Waals surface area (Å²) in [5.41, 5.74) is 1.51. The number of amides is 1. The largest absolute Gasteiger partial charge is 0.493 e. The number of nitrogens with zero attached hydrogens (tertiary/aromatic N) is 2. The Morgan fingerprint density at radius 1 is 1.13 bits per heavy atom. The minimum absolute atomic E-state index is 0.0134. The molecule has 162 valence electrons. The van der Waals surface area contributed by atoms with E-state index in [1.807, 2.05) is 29.2 Å². The van der Waals surface area contributed by atoms with Gasteiger partial charge in [0.05, 0.1) is 23.9 Å². The number of hydrogen-bond acceptors (Lipinski definition) is 3. The van der Waals surface area contributed by atoms with Gasteiger partial charge in [-0.2, -0.15) is 18.3 Å². The third-order valence-electron chi connectivity index (χ3n) is 5.33. The fourth-order valence-electron chi connectivity index (χ4n) is 3.78. The van der Waals surface area contributed by atoms with E-state index >= 15 is 0 Å². The van der Waals surface area contributed by atoms with Crippen LogP contribution in [0.1, 0.15) is 46.2 Å². The van der Waals surface area contributed by atoms with Gasteiger partial charge in [0.1, 0.15) is 5.75 Å². The van der Waals surface area contributed by atoms with Gasteiger partial charge in [-0.15, -0.1) is 0 Å². The number of halogens is 3. The number of rotatable bonds is 6. The summed E-state index contributed by atoms with van der Waals surface area (Å²) < 4.78 is 43.9. The first kappa shape index (κ1) is 21.0. The second-order valence-corrected chi connectivity index (χ2v) is 7.46. The maximum Gasteiger partial charge on any atom is 0.416 e. The SMILES string of the molecule is O=C(c1ccccc1)N1CCC[C@H]1c1cc(CCOc2cccc(C(F)(F)F)c2)[nH]n1. The number of ether oxygens (including phenoxy) is 1. The monoisotopic (exact) mass is 429 g/mol. The Labute approximate surface area is 177 Å². The molecule has 1 amide bonds. The number of likely N-dealkylation sites (tertiary alicyclic amines) is 1. The van der Waals surface area contributed by atoms with E-state index < -0.39 is 11.7 Å². The van der Waals surface area contributed by atoms with Crippen molar-refractivity contribution in [3.8, 4) is 5.75 Å². The third-order valence-corrected chi connectivity index (χ3v) is 5.33. The molecule has 1 aliphatic rings. The molecule has 8 heteroatoms. The number of carbonyl (C=O) groups excluding carboxylic acids is 1. The normalized spacial score (nSPS) is 16.5. The van der Waals surface area contributed by atoms with Crippen LogP contribution in [0.25, 0.3) is 0 Å². The van der Waals surface area contributed by atoms with E-state index in [-0.39, 0.29) is 24.3 Å². The molecule has 31 heavy (non-hydrogen) atoms. The van der Waals surface area contributed by atoms with E-state index in [4.69, 9.17) is 4.74 Å². The maximum atomic E-state index is 12.9. The molecule has 1 fully saturated rings.